The Morgan fingerprint density at radius 1 is 1.17 bits per heavy atom. The zero-order valence-corrected chi connectivity index (χ0v) is 21.3. The monoisotopic (exact) mass is 509 g/mol. The van der Waals surface area contributed by atoms with E-state index in [1.165, 1.54) is 16.7 Å². The molecule has 2 N–H and O–H groups in total. The van der Waals surface area contributed by atoms with E-state index < -0.39 is 11.3 Å². The summed E-state index contributed by atoms with van der Waals surface area (Å²) in [4.78, 5) is 49.5. The van der Waals surface area contributed by atoms with Crippen molar-refractivity contribution in [1.29, 1.82) is 0 Å². The summed E-state index contributed by atoms with van der Waals surface area (Å²) in [6, 6.07) is 10.4. The van der Waals surface area contributed by atoms with Gasteiger partial charge in [0.1, 0.15) is 17.6 Å². The molecule has 2 aliphatic rings. The van der Waals surface area contributed by atoms with Crippen LogP contribution in [0.3, 0.4) is 0 Å². The molecule has 2 atom stereocenters. The Morgan fingerprint density at radius 2 is 2.00 bits per heavy atom. The molecule has 0 radical (unpaired) electrons. The number of amides is 3. The van der Waals surface area contributed by atoms with E-state index in [-0.39, 0.29) is 30.7 Å². The van der Waals surface area contributed by atoms with E-state index in [1.807, 2.05) is 31.2 Å². The molecule has 1 aromatic carbocycles. The normalized spacial score (nSPS) is 17.1. The van der Waals surface area contributed by atoms with Crippen LogP contribution in [0.2, 0.25) is 0 Å². The van der Waals surface area contributed by atoms with Gasteiger partial charge in [-0.2, -0.15) is 0 Å². The number of thioether (sulfide) groups is 1. The lowest BCUT2D eigenvalue weighted by molar-refractivity contribution is -0.125. The maximum atomic E-state index is 13.4. The number of benzene rings is 1. The van der Waals surface area contributed by atoms with Crippen molar-refractivity contribution in [2.75, 3.05) is 6.54 Å². The number of fused-ring (bicyclic) bond motifs is 3. The number of amidine groups is 2. The van der Waals surface area contributed by atoms with E-state index in [2.05, 4.69) is 17.6 Å². The van der Waals surface area contributed by atoms with Gasteiger partial charge >= 0.3 is 0 Å². The molecule has 1 aromatic heterocycles. The largest absolute Gasteiger partial charge is 0.467 e. The number of aliphatic imine (C=N–C) groups is 2. The number of nitrogens with one attached hydrogen (secondary N) is 2. The van der Waals surface area contributed by atoms with Crippen molar-refractivity contribution in [3.63, 3.8) is 0 Å². The second-order valence-corrected chi connectivity index (χ2v) is 9.78. The molecule has 10 heteroatoms. The summed E-state index contributed by atoms with van der Waals surface area (Å²) in [5, 5.41) is 5.74. The number of para-hydroxylation sites is 1. The molecule has 0 saturated heterocycles. The zero-order chi connectivity index (χ0) is 25.5. The minimum atomic E-state index is -0.665. The Bertz CT molecular complexity index is 1160. The Labute approximate surface area is 214 Å². The molecule has 190 valence electrons. The first-order valence-corrected chi connectivity index (χ1v) is 13.2. The van der Waals surface area contributed by atoms with Crippen molar-refractivity contribution < 1.29 is 18.8 Å². The maximum absolute atomic E-state index is 13.4. The van der Waals surface area contributed by atoms with Gasteiger partial charge < -0.3 is 15.1 Å². The molecular weight excluding hydrogens is 478 g/mol. The van der Waals surface area contributed by atoms with Crippen LogP contribution in [0.25, 0.3) is 0 Å². The third-order valence-corrected chi connectivity index (χ3v) is 7.29. The molecule has 0 saturated carbocycles. The molecule has 4 rings (SSSR count). The molecule has 2 aliphatic heterocycles. The minimum Gasteiger partial charge on any atom is -0.467 e. The third kappa shape index (κ3) is 5.87. The molecule has 0 fully saturated rings. The summed E-state index contributed by atoms with van der Waals surface area (Å²) in [6.45, 7) is 4.91. The second kappa shape index (κ2) is 12.0. The molecule has 0 unspecified atom stereocenters. The quantitative estimate of drug-likeness (QED) is 0.448. The SMILES string of the molecule is CCCCNC(=O)CC[C@H]1N=C2c3ccccc3N=C(S[C@H](CC)C(=O)NCc3ccco3)N2C1=O. The van der Waals surface area contributed by atoms with E-state index >= 15 is 0 Å². The molecule has 3 heterocycles. The fourth-order valence-corrected chi connectivity index (χ4v) is 5.03. The highest BCUT2D eigenvalue weighted by Gasteiger charge is 2.42. The van der Waals surface area contributed by atoms with Gasteiger partial charge in [0.05, 0.1) is 23.7 Å². The topological polar surface area (TPSA) is 116 Å². The van der Waals surface area contributed by atoms with Crippen LogP contribution in [0.5, 0.6) is 0 Å². The summed E-state index contributed by atoms with van der Waals surface area (Å²) in [5.74, 6) is 0.723. The van der Waals surface area contributed by atoms with E-state index in [0.29, 0.717) is 41.8 Å². The average Bonchev–Trinajstić information content (AvgIpc) is 3.53. The van der Waals surface area contributed by atoms with Crippen LogP contribution in [-0.2, 0) is 20.9 Å². The van der Waals surface area contributed by atoms with Gasteiger partial charge in [-0.15, -0.1) is 0 Å². The highest BCUT2D eigenvalue weighted by Crippen LogP contribution is 2.35. The molecular formula is C26H31N5O4S. The Hall–Kier alpha value is -3.40. The van der Waals surface area contributed by atoms with Gasteiger partial charge in [-0.3, -0.25) is 19.4 Å². The molecule has 0 spiro atoms. The highest BCUT2D eigenvalue weighted by molar-refractivity contribution is 8.15. The molecule has 2 aromatic rings. The van der Waals surface area contributed by atoms with Crippen molar-refractivity contribution in [3.8, 4) is 0 Å². The predicted molar refractivity (Wildman–Crippen MR) is 140 cm³/mol. The van der Waals surface area contributed by atoms with Crippen molar-refractivity contribution in [2.24, 2.45) is 9.98 Å². The minimum absolute atomic E-state index is 0.0794. The fraction of sp³-hybridized carbons (Fsp3) is 0.423. The number of unbranched alkanes of at least 4 members (excludes halogenated alkanes) is 1. The lowest BCUT2D eigenvalue weighted by atomic mass is 10.1. The van der Waals surface area contributed by atoms with Crippen molar-refractivity contribution in [3.05, 3.63) is 54.0 Å². The molecule has 9 nitrogen and oxygen atoms in total. The summed E-state index contributed by atoms with van der Waals surface area (Å²) in [5.41, 5.74) is 1.46. The second-order valence-electron chi connectivity index (χ2n) is 8.61. The first kappa shape index (κ1) is 25.7. The average molecular weight is 510 g/mol. The van der Waals surface area contributed by atoms with Crippen LogP contribution < -0.4 is 10.6 Å². The van der Waals surface area contributed by atoms with Gasteiger partial charge in [-0.05, 0) is 43.5 Å². The van der Waals surface area contributed by atoms with E-state index in [0.717, 1.165) is 18.4 Å². The van der Waals surface area contributed by atoms with Crippen LogP contribution in [-0.4, -0.2) is 51.5 Å². The number of carbonyl (C=O) groups excluding carboxylic acids is 3. The Balaban J connectivity index is 1.48. The molecule has 3 amide bonds. The van der Waals surface area contributed by atoms with Crippen molar-refractivity contribution >= 4 is 46.2 Å². The first-order valence-electron chi connectivity index (χ1n) is 12.3. The van der Waals surface area contributed by atoms with Crippen LogP contribution in [0, 0.1) is 0 Å². The summed E-state index contributed by atoms with van der Waals surface area (Å²) in [7, 11) is 0. The van der Waals surface area contributed by atoms with Gasteiger partial charge in [0.25, 0.3) is 5.91 Å². The summed E-state index contributed by atoms with van der Waals surface area (Å²) < 4.78 is 5.29. The number of carbonyl (C=O) groups is 3. The molecule has 0 aliphatic carbocycles. The zero-order valence-electron chi connectivity index (χ0n) is 20.5. The Morgan fingerprint density at radius 3 is 2.75 bits per heavy atom. The summed E-state index contributed by atoms with van der Waals surface area (Å²) in [6.07, 6.45) is 4.57. The van der Waals surface area contributed by atoms with Crippen LogP contribution >= 0.6 is 11.8 Å². The predicted octanol–water partition coefficient (Wildman–Crippen LogP) is 3.76. The Kier molecular flexibility index (Phi) is 8.58. The van der Waals surface area contributed by atoms with Gasteiger partial charge in [-0.1, -0.05) is 44.2 Å². The summed E-state index contributed by atoms with van der Waals surface area (Å²) >= 11 is 1.25. The maximum Gasteiger partial charge on any atom is 0.259 e. The number of hydrogen-bond donors (Lipinski definition) is 2. The molecule has 36 heavy (non-hydrogen) atoms. The molecule has 0 bridgehead atoms. The lowest BCUT2D eigenvalue weighted by Gasteiger charge is -2.27. The van der Waals surface area contributed by atoms with Crippen molar-refractivity contribution in [1.82, 2.24) is 15.5 Å². The number of hydrogen-bond acceptors (Lipinski definition) is 7. The number of nitrogens with zero attached hydrogens (tertiary/aromatic N) is 3. The van der Waals surface area contributed by atoms with Crippen LogP contribution in [0.1, 0.15) is 57.3 Å². The van der Waals surface area contributed by atoms with Crippen LogP contribution in [0.4, 0.5) is 5.69 Å². The van der Waals surface area contributed by atoms with Crippen molar-refractivity contribution in [2.45, 2.75) is 63.8 Å². The third-order valence-electron chi connectivity index (χ3n) is 5.97. The van der Waals surface area contributed by atoms with Gasteiger partial charge in [0.15, 0.2) is 5.17 Å². The fourth-order valence-electron chi connectivity index (χ4n) is 3.98. The van der Waals surface area contributed by atoms with Gasteiger partial charge in [0, 0.05) is 18.5 Å². The smallest absolute Gasteiger partial charge is 0.259 e. The van der Waals surface area contributed by atoms with E-state index in [1.54, 1.807) is 18.4 Å². The standard InChI is InChI=1S/C26H31N5O4S/c1-3-5-14-27-22(32)13-12-20-25(34)31-23(29-20)18-10-6-7-11-19(18)30-26(31)36-21(4-2)24(33)28-16-17-9-8-15-35-17/h6-11,15,20-21H,3-5,12-14,16H2,1-2H3,(H,27,32)(H,28,33)/t20-,21-/m1/s1. The van der Waals surface area contributed by atoms with Gasteiger partial charge in [-0.25, -0.2) is 9.89 Å². The number of rotatable bonds is 11. The van der Waals surface area contributed by atoms with Crippen LogP contribution in [0.15, 0.2) is 57.1 Å². The lowest BCUT2D eigenvalue weighted by Crippen LogP contribution is -2.43. The highest BCUT2D eigenvalue weighted by atomic mass is 32.2. The number of furan rings is 1. The van der Waals surface area contributed by atoms with E-state index in [4.69, 9.17) is 14.4 Å². The first-order chi connectivity index (χ1) is 17.5. The van der Waals surface area contributed by atoms with Gasteiger partial charge in [0.2, 0.25) is 11.8 Å². The van der Waals surface area contributed by atoms with E-state index in [9.17, 15) is 14.4 Å².